The fraction of sp³-hybridized carbons (Fsp3) is 0.474. The van der Waals surface area contributed by atoms with E-state index >= 15 is 0 Å². The summed E-state index contributed by atoms with van der Waals surface area (Å²) in [5, 5.41) is 4.80. The molecule has 0 aliphatic heterocycles. The Morgan fingerprint density at radius 1 is 1.19 bits per heavy atom. The summed E-state index contributed by atoms with van der Waals surface area (Å²) in [6.07, 6.45) is 7.03. The van der Waals surface area contributed by atoms with E-state index in [4.69, 9.17) is 0 Å². The van der Waals surface area contributed by atoms with Crippen molar-refractivity contribution in [2.24, 2.45) is 0 Å². The number of aromatic nitrogens is 1. The third-order valence-electron chi connectivity index (χ3n) is 4.06. The van der Waals surface area contributed by atoms with Crippen LogP contribution in [-0.4, -0.2) is 17.7 Å². The van der Waals surface area contributed by atoms with Crippen LogP contribution >= 0.6 is 0 Å². The van der Waals surface area contributed by atoms with Crippen molar-refractivity contribution < 1.29 is 0 Å². The minimum atomic E-state index is 0.939. The summed E-state index contributed by atoms with van der Waals surface area (Å²) in [4.78, 5) is 0. The topological polar surface area (TPSA) is 17.0 Å². The molecular formula is C19H28N2. The van der Waals surface area contributed by atoms with Crippen molar-refractivity contribution in [1.82, 2.24) is 9.88 Å². The summed E-state index contributed by atoms with van der Waals surface area (Å²) in [5.74, 6) is 0. The molecule has 0 saturated heterocycles. The number of nitrogens with one attached hydrogen (secondary N) is 1. The molecule has 1 aromatic carbocycles. The zero-order valence-corrected chi connectivity index (χ0v) is 13.5. The van der Waals surface area contributed by atoms with Gasteiger partial charge in [-0.15, -0.1) is 0 Å². The Morgan fingerprint density at radius 3 is 2.76 bits per heavy atom. The molecule has 21 heavy (non-hydrogen) atoms. The van der Waals surface area contributed by atoms with Crippen LogP contribution in [0, 0.1) is 0 Å². The molecule has 114 valence electrons. The first-order valence-corrected chi connectivity index (χ1v) is 8.20. The number of benzene rings is 1. The van der Waals surface area contributed by atoms with Crippen LogP contribution in [0.3, 0.4) is 0 Å². The lowest BCUT2D eigenvalue weighted by molar-refractivity contribution is 0.641. The number of unbranched alkanes of at least 4 members (excludes halogenated alkanes) is 1. The summed E-state index contributed by atoms with van der Waals surface area (Å²) in [6, 6.07) is 8.74. The van der Waals surface area contributed by atoms with Gasteiger partial charge < -0.3 is 9.88 Å². The average molecular weight is 284 g/mol. The number of allylic oxidation sites excluding steroid dienone is 1. The maximum absolute atomic E-state index is 4.15. The first-order chi connectivity index (χ1) is 10.3. The smallest absolute Gasteiger partial charge is 0.0486 e. The van der Waals surface area contributed by atoms with Gasteiger partial charge in [-0.2, -0.15) is 0 Å². The molecule has 2 aromatic rings. The molecule has 0 radical (unpaired) electrons. The Balaban J connectivity index is 2.10. The summed E-state index contributed by atoms with van der Waals surface area (Å²) in [5.41, 5.74) is 4.11. The van der Waals surface area contributed by atoms with E-state index in [1.807, 2.05) is 0 Å². The van der Waals surface area contributed by atoms with Gasteiger partial charge in [0.25, 0.3) is 0 Å². The van der Waals surface area contributed by atoms with Crippen molar-refractivity contribution in [3.63, 3.8) is 0 Å². The van der Waals surface area contributed by atoms with Gasteiger partial charge in [0.05, 0.1) is 0 Å². The molecule has 2 heteroatoms. The predicted octanol–water partition coefficient (Wildman–Crippen LogP) is 4.54. The van der Waals surface area contributed by atoms with Crippen molar-refractivity contribution in [1.29, 1.82) is 0 Å². The van der Waals surface area contributed by atoms with Crippen molar-refractivity contribution >= 4 is 10.9 Å². The van der Waals surface area contributed by atoms with Crippen molar-refractivity contribution in [2.45, 2.75) is 46.1 Å². The van der Waals surface area contributed by atoms with Gasteiger partial charge in [-0.05, 0) is 50.4 Å². The van der Waals surface area contributed by atoms with Gasteiger partial charge in [-0.1, -0.05) is 44.2 Å². The predicted molar refractivity (Wildman–Crippen MR) is 92.9 cm³/mol. The lowest BCUT2D eigenvalue weighted by Gasteiger charge is -2.06. The highest BCUT2D eigenvalue weighted by Gasteiger charge is 2.08. The van der Waals surface area contributed by atoms with Crippen molar-refractivity contribution in [3.8, 4) is 0 Å². The fourth-order valence-corrected chi connectivity index (χ4v) is 2.75. The van der Waals surface area contributed by atoms with Gasteiger partial charge in [-0.25, -0.2) is 0 Å². The Labute approximate surface area is 128 Å². The third-order valence-corrected chi connectivity index (χ3v) is 4.06. The molecule has 0 aliphatic carbocycles. The molecule has 0 amide bonds. The monoisotopic (exact) mass is 284 g/mol. The average Bonchev–Trinajstić information content (AvgIpc) is 2.85. The maximum atomic E-state index is 4.15. The van der Waals surface area contributed by atoms with Crippen LogP contribution < -0.4 is 5.32 Å². The number of fused-ring (bicyclic) bond motifs is 1. The van der Waals surface area contributed by atoms with Crippen LogP contribution in [0.15, 0.2) is 42.6 Å². The van der Waals surface area contributed by atoms with Gasteiger partial charge in [0.1, 0.15) is 0 Å². The third kappa shape index (κ3) is 4.21. The number of hydrogen-bond acceptors (Lipinski definition) is 1. The molecule has 0 atom stereocenters. The zero-order valence-electron chi connectivity index (χ0n) is 13.5. The van der Waals surface area contributed by atoms with E-state index in [1.165, 1.54) is 34.9 Å². The van der Waals surface area contributed by atoms with Crippen molar-refractivity contribution in [2.75, 3.05) is 13.1 Å². The number of rotatable bonds is 9. The summed E-state index contributed by atoms with van der Waals surface area (Å²) < 4.78 is 2.36. The van der Waals surface area contributed by atoms with Crippen LogP contribution in [0.2, 0.25) is 0 Å². The second-order valence-electron chi connectivity index (χ2n) is 5.71. The van der Waals surface area contributed by atoms with E-state index in [2.05, 4.69) is 60.8 Å². The summed E-state index contributed by atoms with van der Waals surface area (Å²) in [6.45, 7) is 11.6. The number of para-hydroxylation sites is 1. The second kappa shape index (κ2) is 8.04. The van der Waals surface area contributed by atoms with Gasteiger partial charge in [0, 0.05) is 23.6 Å². The first-order valence-electron chi connectivity index (χ1n) is 8.20. The largest absolute Gasteiger partial charge is 0.343 e. The molecule has 0 fully saturated rings. The number of nitrogens with zero attached hydrogens (tertiary/aromatic N) is 1. The molecule has 1 heterocycles. The van der Waals surface area contributed by atoms with E-state index in [0.717, 1.165) is 32.5 Å². The highest BCUT2D eigenvalue weighted by atomic mass is 15.0. The quantitative estimate of drug-likeness (QED) is 0.528. The van der Waals surface area contributed by atoms with Gasteiger partial charge in [-0.3, -0.25) is 0 Å². The molecule has 0 unspecified atom stereocenters. The normalized spacial score (nSPS) is 11.1. The van der Waals surface area contributed by atoms with Crippen LogP contribution in [0.1, 0.15) is 38.7 Å². The lowest BCUT2D eigenvalue weighted by atomic mass is 10.1. The van der Waals surface area contributed by atoms with Gasteiger partial charge >= 0.3 is 0 Å². The summed E-state index contributed by atoms with van der Waals surface area (Å²) >= 11 is 0. The highest BCUT2D eigenvalue weighted by molar-refractivity contribution is 5.84. The Bertz CT molecular complexity index is 580. The molecule has 1 N–H and O–H groups in total. The number of aryl methyl sites for hydroxylation is 1. The summed E-state index contributed by atoms with van der Waals surface area (Å²) in [7, 11) is 0. The van der Waals surface area contributed by atoms with E-state index in [-0.39, 0.29) is 0 Å². The van der Waals surface area contributed by atoms with Crippen LogP contribution in [-0.2, 0) is 13.0 Å². The maximum Gasteiger partial charge on any atom is 0.0486 e. The van der Waals surface area contributed by atoms with Crippen LogP contribution in [0.25, 0.3) is 10.9 Å². The van der Waals surface area contributed by atoms with E-state index < -0.39 is 0 Å². The highest BCUT2D eigenvalue weighted by Crippen LogP contribution is 2.24. The van der Waals surface area contributed by atoms with Crippen molar-refractivity contribution in [3.05, 3.63) is 48.2 Å². The Morgan fingerprint density at radius 2 is 2.00 bits per heavy atom. The Kier molecular flexibility index (Phi) is 6.06. The second-order valence-corrected chi connectivity index (χ2v) is 5.71. The minimum absolute atomic E-state index is 0.939. The molecular weight excluding hydrogens is 256 g/mol. The van der Waals surface area contributed by atoms with Gasteiger partial charge in [0.2, 0.25) is 0 Å². The minimum Gasteiger partial charge on any atom is -0.343 e. The molecule has 1 aromatic heterocycles. The van der Waals surface area contributed by atoms with E-state index in [1.54, 1.807) is 0 Å². The molecule has 2 rings (SSSR count). The zero-order chi connectivity index (χ0) is 15.1. The Hall–Kier alpha value is -1.54. The SMILES string of the molecule is C=C(CC)Cn1cc(CCCCNCC)c2ccccc21. The number of hydrogen-bond donors (Lipinski definition) is 1. The van der Waals surface area contributed by atoms with E-state index in [9.17, 15) is 0 Å². The fourth-order valence-electron chi connectivity index (χ4n) is 2.75. The van der Waals surface area contributed by atoms with E-state index in [0.29, 0.717) is 0 Å². The molecule has 0 aliphatic rings. The molecule has 0 saturated carbocycles. The van der Waals surface area contributed by atoms with Crippen LogP contribution in [0.4, 0.5) is 0 Å². The lowest BCUT2D eigenvalue weighted by Crippen LogP contribution is -2.13. The van der Waals surface area contributed by atoms with Gasteiger partial charge in [0.15, 0.2) is 0 Å². The molecule has 0 spiro atoms. The van der Waals surface area contributed by atoms with Crippen LogP contribution in [0.5, 0.6) is 0 Å². The molecule has 0 bridgehead atoms. The molecule has 2 nitrogen and oxygen atoms in total. The first kappa shape index (κ1) is 15.8. The standard InChI is InChI=1S/C19H28N2/c1-4-16(3)14-21-15-17(10-8-9-13-20-5-2)18-11-6-7-12-19(18)21/h6-7,11-12,15,20H,3-5,8-10,13-14H2,1-2H3.